The monoisotopic (exact) mass is 398 g/mol. The van der Waals surface area contributed by atoms with Crippen LogP contribution >= 0.6 is 0 Å². The van der Waals surface area contributed by atoms with Gasteiger partial charge in [-0.1, -0.05) is 37.1 Å². The summed E-state index contributed by atoms with van der Waals surface area (Å²) in [7, 11) is 0. The Kier molecular flexibility index (Phi) is 6.94. The summed E-state index contributed by atoms with van der Waals surface area (Å²) in [6.07, 6.45) is 7.52. The van der Waals surface area contributed by atoms with Gasteiger partial charge < -0.3 is 4.90 Å². The average Bonchev–Trinajstić information content (AvgIpc) is 2.98. The van der Waals surface area contributed by atoms with Crippen molar-refractivity contribution >= 4 is 0 Å². The van der Waals surface area contributed by atoms with Gasteiger partial charge in [-0.3, -0.25) is 4.90 Å². The molecule has 2 nitrogen and oxygen atoms in total. The molecule has 4 rings (SSSR count). The second-order valence-corrected chi connectivity index (χ2v) is 8.64. The van der Waals surface area contributed by atoms with E-state index in [1.54, 1.807) is 0 Å². The first-order valence-electron chi connectivity index (χ1n) is 11.2. The number of hydrogen-bond acceptors (Lipinski definition) is 2. The molecule has 0 spiro atoms. The van der Waals surface area contributed by atoms with E-state index in [0.29, 0.717) is 0 Å². The van der Waals surface area contributed by atoms with E-state index in [-0.39, 0.29) is 17.6 Å². The molecule has 0 saturated carbocycles. The zero-order valence-corrected chi connectivity index (χ0v) is 17.2. The first-order valence-corrected chi connectivity index (χ1v) is 11.2. The fourth-order valence-corrected chi connectivity index (χ4v) is 5.04. The first kappa shape index (κ1) is 20.5. The molecule has 0 aliphatic carbocycles. The molecular formula is C25H32F2N2. The highest BCUT2D eigenvalue weighted by molar-refractivity contribution is 5.32. The van der Waals surface area contributed by atoms with Crippen molar-refractivity contribution in [3.05, 3.63) is 71.3 Å². The largest absolute Gasteiger partial charge is 0.301 e. The molecule has 0 radical (unpaired) electrons. The van der Waals surface area contributed by atoms with Crippen molar-refractivity contribution in [3.8, 4) is 0 Å². The summed E-state index contributed by atoms with van der Waals surface area (Å²) in [6, 6.07) is 14.3. The standard InChI is InChI=1S/C25H32F2N2/c26-22-11-7-20(8-12-22)25(21-9-13-23(27)14-10-21)6-4-15-28-17-18-29-16-3-1-2-5-24(29)19-28/h7-14,24-25H,1-6,15-19H2. The van der Waals surface area contributed by atoms with E-state index in [9.17, 15) is 8.78 Å². The molecule has 0 aromatic heterocycles. The molecule has 0 bridgehead atoms. The van der Waals surface area contributed by atoms with Gasteiger partial charge in [-0.2, -0.15) is 0 Å². The van der Waals surface area contributed by atoms with Gasteiger partial charge in [0.05, 0.1) is 0 Å². The highest BCUT2D eigenvalue weighted by atomic mass is 19.1. The molecule has 0 amide bonds. The second kappa shape index (κ2) is 9.82. The van der Waals surface area contributed by atoms with Gasteiger partial charge in [-0.05, 0) is 74.2 Å². The maximum absolute atomic E-state index is 13.4. The topological polar surface area (TPSA) is 6.48 Å². The lowest BCUT2D eigenvalue weighted by Gasteiger charge is -2.40. The molecule has 2 aliphatic rings. The summed E-state index contributed by atoms with van der Waals surface area (Å²) < 4.78 is 26.8. The molecule has 2 saturated heterocycles. The third-order valence-electron chi connectivity index (χ3n) is 6.68. The van der Waals surface area contributed by atoms with Gasteiger partial charge >= 0.3 is 0 Å². The van der Waals surface area contributed by atoms with Crippen molar-refractivity contribution in [1.82, 2.24) is 9.80 Å². The SMILES string of the molecule is Fc1ccc(C(CCCN2CCN3CCCCCC3C2)c2ccc(F)cc2)cc1. The molecule has 29 heavy (non-hydrogen) atoms. The Morgan fingerprint density at radius 2 is 1.45 bits per heavy atom. The van der Waals surface area contributed by atoms with Gasteiger partial charge in [0, 0.05) is 31.6 Å². The van der Waals surface area contributed by atoms with E-state index >= 15 is 0 Å². The van der Waals surface area contributed by atoms with Crippen LogP contribution in [0.2, 0.25) is 0 Å². The third kappa shape index (κ3) is 5.43. The summed E-state index contributed by atoms with van der Waals surface area (Å²) >= 11 is 0. The van der Waals surface area contributed by atoms with Gasteiger partial charge in [0.1, 0.15) is 11.6 Å². The number of hydrogen-bond donors (Lipinski definition) is 0. The van der Waals surface area contributed by atoms with E-state index in [4.69, 9.17) is 0 Å². The number of rotatable bonds is 6. The van der Waals surface area contributed by atoms with Gasteiger partial charge in [0.2, 0.25) is 0 Å². The van der Waals surface area contributed by atoms with Crippen LogP contribution in [0.25, 0.3) is 0 Å². The van der Waals surface area contributed by atoms with Crippen molar-refractivity contribution in [2.45, 2.75) is 50.5 Å². The Balaban J connectivity index is 1.38. The lowest BCUT2D eigenvalue weighted by atomic mass is 9.87. The van der Waals surface area contributed by atoms with Crippen molar-refractivity contribution < 1.29 is 8.78 Å². The van der Waals surface area contributed by atoms with Crippen LogP contribution in [0.4, 0.5) is 8.78 Å². The lowest BCUT2D eigenvalue weighted by Crippen LogP contribution is -2.52. The van der Waals surface area contributed by atoms with Gasteiger partial charge in [0.25, 0.3) is 0 Å². The quantitative estimate of drug-likeness (QED) is 0.640. The fourth-order valence-electron chi connectivity index (χ4n) is 5.04. The van der Waals surface area contributed by atoms with E-state index in [2.05, 4.69) is 9.80 Å². The Morgan fingerprint density at radius 1 is 0.793 bits per heavy atom. The smallest absolute Gasteiger partial charge is 0.123 e. The normalized spacial score (nSPS) is 21.1. The molecule has 156 valence electrons. The highest BCUT2D eigenvalue weighted by Crippen LogP contribution is 2.30. The molecule has 2 fully saturated rings. The zero-order chi connectivity index (χ0) is 20.1. The number of benzene rings is 2. The Hall–Kier alpha value is -1.78. The Bertz CT molecular complexity index is 714. The molecule has 2 aromatic carbocycles. The van der Waals surface area contributed by atoms with E-state index in [1.807, 2.05) is 24.3 Å². The fraction of sp³-hybridized carbons (Fsp3) is 0.520. The van der Waals surface area contributed by atoms with Gasteiger partial charge in [-0.25, -0.2) is 8.78 Å². The zero-order valence-electron chi connectivity index (χ0n) is 17.2. The molecule has 1 atom stereocenters. The Morgan fingerprint density at radius 3 is 2.10 bits per heavy atom. The number of halogens is 2. The summed E-state index contributed by atoms with van der Waals surface area (Å²) in [5.41, 5.74) is 2.21. The maximum Gasteiger partial charge on any atom is 0.123 e. The third-order valence-corrected chi connectivity index (χ3v) is 6.68. The van der Waals surface area contributed by atoms with E-state index < -0.39 is 0 Å². The molecule has 1 unspecified atom stereocenters. The summed E-state index contributed by atoms with van der Waals surface area (Å²) in [4.78, 5) is 5.32. The first-order chi connectivity index (χ1) is 14.2. The van der Waals surface area contributed by atoms with Gasteiger partial charge in [0.15, 0.2) is 0 Å². The highest BCUT2D eigenvalue weighted by Gasteiger charge is 2.27. The number of nitrogens with zero attached hydrogens (tertiary/aromatic N) is 2. The predicted molar refractivity (Wildman–Crippen MR) is 114 cm³/mol. The molecule has 4 heteroatoms. The summed E-state index contributed by atoms with van der Waals surface area (Å²) in [5, 5.41) is 0. The van der Waals surface area contributed by atoms with Crippen LogP contribution in [0, 0.1) is 11.6 Å². The minimum atomic E-state index is -0.215. The van der Waals surface area contributed by atoms with Crippen LogP contribution in [-0.2, 0) is 0 Å². The average molecular weight is 399 g/mol. The van der Waals surface area contributed by atoms with Crippen LogP contribution < -0.4 is 0 Å². The molecule has 2 aliphatic heterocycles. The van der Waals surface area contributed by atoms with Crippen molar-refractivity contribution in [3.63, 3.8) is 0 Å². The molecule has 2 aromatic rings. The van der Waals surface area contributed by atoms with Crippen molar-refractivity contribution in [1.29, 1.82) is 0 Å². The number of fused-ring (bicyclic) bond motifs is 1. The van der Waals surface area contributed by atoms with Crippen LogP contribution in [-0.4, -0.2) is 48.6 Å². The lowest BCUT2D eigenvalue weighted by molar-refractivity contribution is 0.0752. The molecule has 2 heterocycles. The molecule has 0 N–H and O–H groups in total. The van der Waals surface area contributed by atoms with Crippen LogP contribution in [0.1, 0.15) is 55.6 Å². The van der Waals surface area contributed by atoms with Crippen LogP contribution in [0.3, 0.4) is 0 Å². The predicted octanol–water partition coefficient (Wildman–Crippen LogP) is 5.44. The van der Waals surface area contributed by atoms with Crippen molar-refractivity contribution in [2.75, 3.05) is 32.7 Å². The summed E-state index contributed by atoms with van der Waals surface area (Å²) in [5.74, 6) is -0.254. The van der Waals surface area contributed by atoms with Crippen LogP contribution in [0.15, 0.2) is 48.5 Å². The van der Waals surface area contributed by atoms with E-state index in [1.165, 1.54) is 69.6 Å². The minimum Gasteiger partial charge on any atom is -0.301 e. The van der Waals surface area contributed by atoms with E-state index in [0.717, 1.165) is 43.1 Å². The molecular weight excluding hydrogens is 366 g/mol. The minimum absolute atomic E-state index is 0.176. The van der Waals surface area contributed by atoms with Crippen molar-refractivity contribution in [2.24, 2.45) is 0 Å². The van der Waals surface area contributed by atoms with Gasteiger partial charge in [-0.15, -0.1) is 0 Å². The summed E-state index contributed by atoms with van der Waals surface area (Å²) in [6.45, 7) is 5.93. The number of piperazine rings is 1. The second-order valence-electron chi connectivity index (χ2n) is 8.64. The van der Waals surface area contributed by atoms with Crippen LogP contribution in [0.5, 0.6) is 0 Å². The maximum atomic E-state index is 13.4. The Labute approximate surface area is 173 Å².